The van der Waals surface area contributed by atoms with Crippen LogP contribution in [0.25, 0.3) is 0 Å². The number of rotatable bonds is 6. The first-order chi connectivity index (χ1) is 14.4. The predicted octanol–water partition coefficient (Wildman–Crippen LogP) is 2.04. The van der Waals surface area contributed by atoms with E-state index >= 15 is 0 Å². The number of sulfonamides is 1. The number of carbonyl (C=O) groups is 1. The van der Waals surface area contributed by atoms with E-state index in [1.165, 1.54) is 19.2 Å². The third-order valence-electron chi connectivity index (χ3n) is 5.43. The molecule has 4 atom stereocenters. The number of benzene rings is 2. The quantitative estimate of drug-likeness (QED) is 0.671. The Morgan fingerprint density at radius 3 is 2.70 bits per heavy atom. The van der Waals surface area contributed by atoms with Gasteiger partial charge in [0, 0.05) is 17.2 Å². The van der Waals surface area contributed by atoms with Crippen molar-refractivity contribution >= 4 is 21.7 Å². The highest BCUT2D eigenvalue weighted by Crippen LogP contribution is 2.47. The second kappa shape index (κ2) is 8.25. The molecule has 4 rings (SSSR count). The van der Waals surface area contributed by atoms with Gasteiger partial charge in [0.2, 0.25) is 0 Å². The third kappa shape index (κ3) is 4.00. The summed E-state index contributed by atoms with van der Waals surface area (Å²) in [5.74, 6) is 0.0915. The zero-order valence-corrected chi connectivity index (χ0v) is 17.2. The van der Waals surface area contributed by atoms with Gasteiger partial charge in [-0.15, -0.1) is 0 Å². The van der Waals surface area contributed by atoms with Gasteiger partial charge in [-0.2, -0.15) is 0 Å². The molecule has 1 fully saturated rings. The van der Waals surface area contributed by atoms with E-state index in [2.05, 4.69) is 4.72 Å². The summed E-state index contributed by atoms with van der Waals surface area (Å²) in [5.41, 5.74) is 1.24. The minimum absolute atomic E-state index is 0.0753. The second-order valence-corrected chi connectivity index (χ2v) is 9.04. The maximum atomic E-state index is 12.6. The van der Waals surface area contributed by atoms with Crippen molar-refractivity contribution < 1.29 is 32.5 Å². The monoisotopic (exact) mass is 433 g/mol. The van der Waals surface area contributed by atoms with Gasteiger partial charge in [-0.05, 0) is 36.8 Å². The summed E-state index contributed by atoms with van der Waals surface area (Å²) < 4.78 is 44.4. The van der Waals surface area contributed by atoms with Crippen molar-refractivity contribution in [1.82, 2.24) is 0 Å². The predicted molar refractivity (Wildman–Crippen MR) is 108 cm³/mol. The topological polar surface area (TPSA) is 111 Å². The molecule has 1 saturated heterocycles. The number of nitrogens with one attached hydrogen (secondary N) is 1. The van der Waals surface area contributed by atoms with Crippen LogP contribution >= 0.6 is 0 Å². The van der Waals surface area contributed by atoms with Crippen molar-refractivity contribution in [2.45, 2.75) is 42.0 Å². The zero-order valence-electron chi connectivity index (χ0n) is 16.4. The summed E-state index contributed by atoms with van der Waals surface area (Å²) in [6.07, 6.45) is -0.838. The largest absolute Gasteiger partial charge is 0.487 e. The van der Waals surface area contributed by atoms with Gasteiger partial charge in [0.15, 0.2) is 0 Å². The van der Waals surface area contributed by atoms with Gasteiger partial charge in [0.05, 0.1) is 31.1 Å². The Bertz CT molecular complexity index is 1020. The summed E-state index contributed by atoms with van der Waals surface area (Å²) in [4.78, 5) is 11.9. The number of aliphatic hydroxyl groups excluding tert-OH is 1. The van der Waals surface area contributed by atoms with Gasteiger partial charge in [0.25, 0.3) is 10.0 Å². The highest BCUT2D eigenvalue weighted by atomic mass is 32.2. The van der Waals surface area contributed by atoms with E-state index in [4.69, 9.17) is 14.2 Å². The van der Waals surface area contributed by atoms with E-state index in [0.29, 0.717) is 17.9 Å². The summed E-state index contributed by atoms with van der Waals surface area (Å²) >= 11 is 0. The Morgan fingerprint density at radius 1 is 1.23 bits per heavy atom. The number of anilines is 1. The normalized spacial score (nSPS) is 25.0. The maximum Gasteiger partial charge on any atom is 0.308 e. The number of methoxy groups -OCH3 is 1. The van der Waals surface area contributed by atoms with Crippen LogP contribution in [-0.2, 0) is 24.3 Å². The van der Waals surface area contributed by atoms with Gasteiger partial charge in [-0.1, -0.05) is 18.2 Å². The molecule has 2 heterocycles. The van der Waals surface area contributed by atoms with Crippen LogP contribution in [0.3, 0.4) is 0 Å². The third-order valence-corrected chi connectivity index (χ3v) is 6.82. The molecule has 30 heavy (non-hydrogen) atoms. The highest BCUT2D eigenvalue weighted by molar-refractivity contribution is 7.92. The number of ether oxygens (including phenoxy) is 3. The Balaban J connectivity index is 1.59. The van der Waals surface area contributed by atoms with Gasteiger partial charge in [-0.3, -0.25) is 9.52 Å². The minimum Gasteiger partial charge on any atom is -0.487 e. The van der Waals surface area contributed by atoms with Crippen LogP contribution in [-0.4, -0.2) is 51.5 Å². The number of aliphatic hydroxyl groups is 1. The first-order valence-electron chi connectivity index (χ1n) is 9.63. The first-order valence-corrected chi connectivity index (χ1v) is 11.1. The Morgan fingerprint density at radius 2 is 2.00 bits per heavy atom. The molecule has 2 aliphatic heterocycles. The van der Waals surface area contributed by atoms with Gasteiger partial charge in [-0.25, -0.2) is 8.42 Å². The molecule has 0 saturated carbocycles. The molecule has 8 nitrogen and oxygen atoms in total. The van der Waals surface area contributed by atoms with Gasteiger partial charge in [0.1, 0.15) is 18.0 Å². The number of fused-ring (bicyclic) bond motifs is 3. The Kier molecular flexibility index (Phi) is 5.68. The molecular formula is C21H23NO7S. The lowest BCUT2D eigenvalue weighted by molar-refractivity contribution is -0.156. The van der Waals surface area contributed by atoms with Crippen molar-refractivity contribution in [2.24, 2.45) is 0 Å². The highest BCUT2D eigenvalue weighted by Gasteiger charge is 2.46. The summed E-state index contributed by atoms with van der Waals surface area (Å²) in [5, 5.41) is 9.75. The van der Waals surface area contributed by atoms with Crippen molar-refractivity contribution in [3.05, 3.63) is 54.1 Å². The Hall–Kier alpha value is -2.62. The molecule has 0 unspecified atom stereocenters. The minimum atomic E-state index is -3.72. The molecule has 0 spiro atoms. The van der Waals surface area contributed by atoms with E-state index in [-0.39, 0.29) is 23.8 Å². The van der Waals surface area contributed by atoms with E-state index < -0.39 is 34.3 Å². The average molecular weight is 433 g/mol. The average Bonchev–Trinajstić information content (AvgIpc) is 3.11. The van der Waals surface area contributed by atoms with Crippen molar-refractivity contribution in [3.8, 4) is 5.75 Å². The lowest BCUT2D eigenvalue weighted by atomic mass is 9.84. The smallest absolute Gasteiger partial charge is 0.308 e. The molecule has 0 bridgehead atoms. The van der Waals surface area contributed by atoms with E-state index in [9.17, 15) is 18.3 Å². The van der Waals surface area contributed by atoms with Crippen LogP contribution in [0, 0.1) is 0 Å². The number of esters is 1. The molecule has 2 aromatic rings. The SMILES string of the molecule is COC(=O)C[C@@H]1C[C@@H]2c3cc(NS(=O)(=O)c4ccccc4)ccc3O[C@@H]2[C@@H](CO)O1. The van der Waals surface area contributed by atoms with Gasteiger partial charge < -0.3 is 19.3 Å². The van der Waals surface area contributed by atoms with Crippen LogP contribution in [0.1, 0.15) is 24.3 Å². The maximum absolute atomic E-state index is 12.6. The van der Waals surface area contributed by atoms with Gasteiger partial charge >= 0.3 is 5.97 Å². The number of hydrogen-bond acceptors (Lipinski definition) is 7. The molecular weight excluding hydrogens is 410 g/mol. The molecule has 0 aromatic heterocycles. The van der Waals surface area contributed by atoms with Crippen LogP contribution in [0.2, 0.25) is 0 Å². The summed E-state index contributed by atoms with van der Waals surface area (Å²) in [7, 11) is -2.41. The van der Waals surface area contributed by atoms with Crippen LogP contribution in [0.5, 0.6) is 5.75 Å². The lowest BCUT2D eigenvalue weighted by Gasteiger charge is -2.36. The molecule has 160 valence electrons. The van der Waals surface area contributed by atoms with Crippen molar-refractivity contribution in [2.75, 3.05) is 18.4 Å². The van der Waals surface area contributed by atoms with E-state index in [1.807, 2.05) is 0 Å². The van der Waals surface area contributed by atoms with Crippen molar-refractivity contribution in [1.29, 1.82) is 0 Å². The van der Waals surface area contributed by atoms with Crippen LogP contribution < -0.4 is 9.46 Å². The summed E-state index contributed by atoms with van der Waals surface area (Å²) in [6, 6.07) is 13.2. The standard InChI is InChI=1S/C21H23NO7S/c1-27-20(24)11-14-10-17-16-9-13(22-30(25,26)15-5-3-2-4-6-15)7-8-18(16)29-21(17)19(12-23)28-14/h2-9,14,17,19,21-23H,10-12H2,1H3/t14-,17+,19+,21-/m0/s1. The van der Waals surface area contributed by atoms with Crippen LogP contribution in [0.15, 0.2) is 53.4 Å². The fraction of sp³-hybridized carbons (Fsp3) is 0.381. The molecule has 2 aromatic carbocycles. The van der Waals surface area contributed by atoms with E-state index in [1.54, 1.807) is 36.4 Å². The molecule has 2 N–H and O–H groups in total. The zero-order chi connectivity index (χ0) is 21.3. The van der Waals surface area contributed by atoms with E-state index in [0.717, 1.165) is 5.56 Å². The number of carbonyl (C=O) groups excluding carboxylic acids is 1. The number of hydrogen-bond donors (Lipinski definition) is 2. The van der Waals surface area contributed by atoms with Crippen LogP contribution in [0.4, 0.5) is 5.69 Å². The first kappa shape index (κ1) is 20.6. The molecule has 0 aliphatic carbocycles. The molecule has 0 amide bonds. The fourth-order valence-electron chi connectivity index (χ4n) is 4.04. The summed E-state index contributed by atoms with van der Waals surface area (Å²) in [6.45, 7) is -0.250. The fourth-order valence-corrected chi connectivity index (χ4v) is 5.11. The molecule has 9 heteroatoms. The molecule has 0 radical (unpaired) electrons. The molecule has 2 aliphatic rings. The Labute approximate surface area is 174 Å². The second-order valence-electron chi connectivity index (χ2n) is 7.36. The lowest BCUT2D eigenvalue weighted by Crippen LogP contribution is -2.46. The van der Waals surface area contributed by atoms with Crippen molar-refractivity contribution in [3.63, 3.8) is 0 Å².